The SMILES string of the molecule is CCCSc1ncc([C@@H]2CC(=O)Nc3n[nH]c(CCC)c32)cn1. The maximum absolute atomic E-state index is 12.0. The third-order valence-electron chi connectivity index (χ3n) is 3.86. The van der Waals surface area contributed by atoms with Gasteiger partial charge in [-0.1, -0.05) is 32.0 Å². The van der Waals surface area contributed by atoms with Crippen molar-refractivity contribution in [1.29, 1.82) is 0 Å². The molecule has 0 spiro atoms. The second kappa shape index (κ2) is 7.12. The van der Waals surface area contributed by atoms with Gasteiger partial charge >= 0.3 is 0 Å². The van der Waals surface area contributed by atoms with Gasteiger partial charge in [0.2, 0.25) is 5.91 Å². The highest BCUT2D eigenvalue weighted by Crippen LogP contribution is 2.38. The topological polar surface area (TPSA) is 83.6 Å². The Kier molecular flexibility index (Phi) is 4.95. The summed E-state index contributed by atoms with van der Waals surface area (Å²) < 4.78 is 0. The molecule has 6 nitrogen and oxygen atoms in total. The summed E-state index contributed by atoms with van der Waals surface area (Å²) >= 11 is 1.65. The predicted octanol–water partition coefficient (Wildman–Crippen LogP) is 3.13. The zero-order chi connectivity index (χ0) is 16.2. The molecule has 7 heteroatoms. The molecule has 2 aromatic heterocycles. The summed E-state index contributed by atoms with van der Waals surface area (Å²) in [6.45, 7) is 4.27. The standard InChI is InChI=1S/C16H21N5OS/c1-3-5-12-14-11(7-13(22)19-15(14)21-20-12)10-8-17-16(18-9-10)23-6-4-2/h8-9,11H,3-7H2,1-2H3,(H2,19,20,21,22)/t11-/m0/s1. The van der Waals surface area contributed by atoms with Crippen LogP contribution in [0.2, 0.25) is 0 Å². The second-order valence-corrected chi connectivity index (χ2v) is 6.73. The lowest BCUT2D eigenvalue weighted by Gasteiger charge is -2.23. The number of carbonyl (C=O) groups excluding carboxylic acids is 1. The van der Waals surface area contributed by atoms with Gasteiger partial charge in [-0.15, -0.1) is 0 Å². The van der Waals surface area contributed by atoms with Gasteiger partial charge in [-0.2, -0.15) is 5.10 Å². The molecule has 0 aliphatic carbocycles. The number of amides is 1. The molecule has 0 unspecified atom stereocenters. The van der Waals surface area contributed by atoms with E-state index in [1.54, 1.807) is 11.8 Å². The fourth-order valence-electron chi connectivity index (χ4n) is 2.83. The van der Waals surface area contributed by atoms with Gasteiger partial charge in [0.25, 0.3) is 0 Å². The van der Waals surface area contributed by atoms with Crippen molar-refractivity contribution in [3.63, 3.8) is 0 Å². The van der Waals surface area contributed by atoms with E-state index >= 15 is 0 Å². The lowest BCUT2D eigenvalue weighted by atomic mass is 9.86. The minimum atomic E-state index is -0.0238. The van der Waals surface area contributed by atoms with Crippen molar-refractivity contribution in [3.05, 3.63) is 29.2 Å². The van der Waals surface area contributed by atoms with E-state index in [1.807, 2.05) is 12.4 Å². The first-order chi connectivity index (χ1) is 11.2. The van der Waals surface area contributed by atoms with Gasteiger partial charge in [0.15, 0.2) is 11.0 Å². The first-order valence-electron chi connectivity index (χ1n) is 8.04. The van der Waals surface area contributed by atoms with Crippen molar-refractivity contribution < 1.29 is 4.79 Å². The number of fused-ring (bicyclic) bond motifs is 1. The zero-order valence-corrected chi connectivity index (χ0v) is 14.2. The van der Waals surface area contributed by atoms with Gasteiger partial charge in [0, 0.05) is 41.7 Å². The smallest absolute Gasteiger partial charge is 0.226 e. The van der Waals surface area contributed by atoms with E-state index in [-0.39, 0.29) is 11.8 Å². The molecule has 1 amide bonds. The minimum Gasteiger partial charge on any atom is -0.309 e. The number of anilines is 1. The van der Waals surface area contributed by atoms with Crippen LogP contribution in [0.15, 0.2) is 17.6 Å². The fourth-order valence-corrected chi connectivity index (χ4v) is 3.47. The van der Waals surface area contributed by atoms with Crippen molar-refractivity contribution in [2.75, 3.05) is 11.1 Å². The van der Waals surface area contributed by atoms with Crippen molar-refractivity contribution in [2.24, 2.45) is 0 Å². The Morgan fingerprint density at radius 2 is 2.04 bits per heavy atom. The van der Waals surface area contributed by atoms with Crippen LogP contribution in [0.1, 0.15) is 55.8 Å². The summed E-state index contributed by atoms with van der Waals surface area (Å²) in [5.41, 5.74) is 3.15. The molecule has 3 heterocycles. The molecule has 0 saturated heterocycles. The maximum atomic E-state index is 12.0. The molecule has 0 radical (unpaired) electrons. The summed E-state index contributed by atoms with van der Waals surface area (Å²) in [5.74, 6) is 1.63. The summed E-state index contributed by atoms with van der Waals surface area (Å²) in [7, 11) is 0. The van der Waals surface area contributed by atoms with Crippen LogP contribution in [-0.4, -0.2) is 31.8 Å². The summed E-state index contributed by atoms with van der Waals surface area (Å²) in [6.07, 6.45) is 7.14. The van der Waals surface area contributed by atoms with E-state index in [2.05, 4.69) is 39.3 Å². The Morgan fingerprint density at radius 1 is 1.26 bits per heavy atom. The molecule has 0 fully saturated rings. The molecule has 2 N–H and O–H groups in total. The quantitative estimate of drug-likeness (QED) is 0.627. The predicted molar refractivity (Wildman–Crippen MR) is 90.7 cm³/mol. The second-order valence-electron chi connectivity index (χ2n) is 5.67. The van der Waals surface area contributed by atoms with Gasteiger partial charge in [0.05, 0.1) is 0 Å². The molecule has 23 heavy (non-hydrogen) atoms. The van der Waals surface area contributed by atoms with Gasteiger partial charge in [-0.25, -0.2) is 9.97 Å². The Labute approximate surface area is 139 Å². The van der Waals surface area contributed by atoms with Crippen molar-refractivity contribution in [3.8, 4) is 0 Å². The van der Waals surface area contributed by atoms with Crippen LogP contribution in [0.5, 0.6) is 0 Å². The fraction of sp³-hybridized carbons (Fsp3) is 0.500. The normalized spacial score (nSPS) is 17.0. The van der Waals surface area contributed by atoms with Gasteiger partial charge in [0.1, 0.15) is 0 Å². The number of hydrogen-bond acceptors (Lipinski definition) is 5. The van der Waals surface area contributed by atoms with Crippen LogP contribution in [0.25, 0.3) is 0 Å². The Balaban J connectivity index is 1.90. The van der Waals surface area contributed by atoms with E-state index in [0.717, 1.165) is 47.0 Å². The molecule has 0 bridgehead atoms. The van der Waals surface area contributed by atoms with Crippen LogP contribution >= 0.6 is 11.8 Å². The lowest BCUT2D eigenvalue weighted by Crippen LogP contribution is -2.24. The van der Waals surface area contributed by atoms with Gasteiger partial charge in [-0.05, 0) is 18.4 Å². The van der Waals surface area contributed by atoms with E-state index < -0.39 is 0 Å². The number of aryl methyl sites for hydroxylation is 1. The van der Waals surface area contributed by atoms with Crippen molar-refractivity contribution in [2.45, 2.75) is 50.6 Å². The average molecular weight is 331 g/mol. The Bertz CT molecular complexity index is 682. The van der Waals surface area contributed by atoms with Crippen LogP contribution in [-0.2, 0) is 11.2 Å². The van der Waals surface area contributed by atoms with E-state index in [4.69, 9.17) is 0 Å². The van der Waals surface area contributed by atoms with Gasteiger partial charge < -0.3 is 5.32 Å². The number of aromatic amines is 1. The first kappa shape index (κ1) is 16.0. The lowest BCUT2D eigenvalue weighted by molar-refractivity contribution is -0.116. The number of carbonyl (C=O) groups is 1. The van der Waals surface area contributed by atoms with E-state index in [9.17, 15) is 4.79 Å². The highest BCUT2D eigenvalue weighted by atomic mass is 32.2. The van der Waals surface area contributed by atoms with E-state index in [1.165, 1.54) is 0 Å². The summed E-state index contributed by atoms with van der Waals surface area (Å²) in [6, 6.07) is 0. The summed E-state index contributed by atoms with van der Waals surface area (Å²) in [4.78, 5) is 20.9. The highest BCUT2D eigenvalue weighted by Gasteiger charge is 2.31. The number of nitrogens with zero attached hydrogens (tertiary/aromatic N) is 3. The van der Waals surface area contributed by atoms with Crippen LogP contribution < -0.4 is 5.32 Å². The van der Waals surface area contributed by atoms with Crippen LogP contribution in [0.3, 0.4) is 0 Å². The van der Waals surface area contributed by atoms with Crippen molar-refractivity contribution in [1.82, 2.24) is 20.2 Å². The molecule has 2 aromatic rings. The average Bonchev–Trinajstić information content (AvgIpc) is 2.96. The molecule has 1 aliphatic rings. The number of rotatable bonds is 6. The Morgan fingerprint density at radius 3 is 2.74 bits per heavy atom. The van der Waals surface area contributed by atoms with E-state index in [0.29, 0.717) is 12.2 Å². The molecule has 122 valence electrons. The molecule has 1 atom stereocenters. The monoisotopic (exact) mass is 331 g/mol. The maximum Gasteiger partial charge on any atom is 0.226 e. The molecule has 3 rings (SSSR count). The number of aromatic nitrogens is 4. The van der Waals surface area contributed by atoms with Gasteiger partial charge in [-0.3, -0.25) is 9.89 Å². The van der Waals surface area contributed by atoms with Crippen molar-refractivity contribution >= 4 is 23.5 Å². The minimum absolute atomic E-state index is 0.0125. The number of thioether (sulfide) groups is 1. The van der Waals surface area contributed by atoms with Crippen LogP contribution in [0.4, 0.5) is 5.82 Å². The zero-order valence-electron chi connectivity index (χ0n) is 13.4. The molecule has 0 aromatic carbocycles. The molecule has 1 aliphatic heterocycles. The number of hydrogen-bond donors (Lipinski definition) is 2. The molecule has 0 saturated carbocycles. The number of H-pyrrole nitrogens is 1. The number of nitrogens with one attached hydrogen (secondary N) is 2. The third kappa shape index (κ3) is 3.39. The summed E-state index contributed by atoms with van der Waals surface area (Å²) in [5, 5.41) is 11.0. The molecular weight excluding hydrogens is 310 g/mol. The van der Waals surface area contributed by atoms with Crippen LogP contribution in [0, 0.1) is 0 Å². The largest absolute Gasteiger partial charge is 0.309 e. The Hall–Kier alpha value is -1.89. The molecular formula is C16H21N5OS. The first-order valence-corrected chi connectivity index (χ1v) is 9.03. The highest BCUT2D eigenvalue weighted by molar-refractivity contribution is 7.99. The third-order valence-corrected chi connectivity index (χ3v) is 4.95.